The number of nitrogens with one attached hydrogen (secondary N) is 1. The van der Waals surface area contributed by atoms with Crippen LogP contribution in [-0.4, -0.2) is 30.4 Å². The van der Waals surface area contributed by atoms with E-state index in [0.29, 0.717) is 5.92 Å². The Morgan fingerprint density at radius 1 is 1.16 bits per heavy atom. The van der Waals surface area contributed by atoms with E-state index < -0.39 is 0 Å². The summed E-state index contributed by atoms with van der Waals surface area (Å²) in [7, 11) is 0. The maximum atomic E-state index is 12.3. The van der Waals surface area contributed by atoms with Gasteiger partial charge in [-0.15, -0.1) is 0 Å². The molecule has 4 heteroatoms. The van der Waals surface area contributed by atoms with Gasteiger partial charge in [0.2, 0.25) is 5.91 Å². The highest BCUT2D eigenvalue weighted by molar-refractivity contribution is 5.78. The fourth-order valence-electron chi connectivity index (χ4n) is 4.22. The Morgan fingerprint density at radius 3 is 2.76 bits per heavy atom. The van der Waals surface area contributed by atoms with Gasteiger partial charge in [-0.1, -0.05) is 37.5 Å². The highest BCUT2D eigenvalue weighted by Crippen LogP contribution is 2.24. The molecule has 0 radical (unpaired) electrons. The number of benzene rings is 1. The number of hydrogen-bond acceptors (Lipinski definition) is 3. The predicted octanol–water partition coefficient (Wildman–Crippen LogP) is 3.47. The first kappa shape index (κ1) is 17.9. The summed E-state index contributed by atoms with van der Waals surface area (Å²) in [5.74, 6) is 1.04. The SMILES string of the molecule is N#Cc1ccccc1CN1CCCC(CNC(=O)C2CCCCC2)C1. The summed E-state index contributed by atoms with van der Waals surface area (Å²) in [4.78, 5) is 14.8. The van der Waals surface area contributed by atoms with Crippen LogP contribution in [0.5, 0.6) is 0 Å². The Hall–Kier alpha value is -1.86. The maximum absolute atomic E-state index is 12.3. The molecule has 2 fully saturated rings. The second kappa shape index (κ2) is 9.01. The van der Waals surface area contributed by atoms with E-state index in [-0.39, 0.29) is 11.8 Å². The van der Waals surface area contributed by atoms with Crippen LogP contribution in [0.2, 0.25) is 0 Å². The normalized spacial score (nSPS) is 22.3. The summed E-state index contributed by atoms with van der Waals surface area (Å²) in [5, 5.41) is 12.5. The maximum Gasteiger partial charge on any atom is 0.223 e. The molecule has 1 saturated heterocycles. The number of amides is 1. The molecule has 1 N–H and O–H groups in total. The van der Waals surface area contributed by atoms with Gasteiger partial charge in [0, 0.05) is 25.6 Å². The van der Waals surface area contributed by atoms with Crippen LogP contribution in [0.3, 0.4) is 0 Å². The first-order chi connectivity index (χ1) is 12.3. The first-order valence-corrected chi connectivity index (χ1v) is 9.74. The lowest BCUT2D eigenvalue weighted by Gasteiger charge is -2.33. The summed E-state index contributed by atoms with van der Waals surface area (Å²) >= 11 is 0. The molecule has 25 heavy (non-hydrogen) atoms. The van der Waals surface area contributed by atoms with Crippen LogP contribution in [0.15, 0.2) is 24.3 Å². The van der Waals surface area contributed by atoms with Crippen molar-refractivity contribution >= 4 is 5.91 Å². The van der Waals surface area contributed by atoms with E-state index in [2.05, 4.69) is 16.3 Å². The van der Waals surface area contributed by atoms with Crippen molar-refractivity contribution in [1.82, 2.24) is 10.2 Å². The van der Waals surface area contributed by atoms with E-state index in [1.807, 2.05) is 24.3 Å². The van der Waals surface area contributed by atoms with Crippen LogP contribution in [0.25, 0.3) is 0 Å². The molecule has 0 bridgehead atoms. The van der Waals surface area contributed by atoms with E-state index in [4.69, 9.17) is 0 Å². The quantitative estimate of drug-likeness (QED) is 0.894. The molecule has 1 aliphatic heterocycles. The summed E-state index contributed by atoms with van der Waals surface area (Å²) in [5.41, 5.74) is 1.88. The number of carbonyl (C=O) groups is 1. The first-order valence-electron chi connectivity index (χ1n) is 9.74. The van der Waals surface area contributed by atoms with Gasteiger partial charge in [0.05, 0.1) is 11.6 Å². The minimum absolute atomic E-state index is 0.246. The van der Waals surface area contributed by atoms with Gasteiger partial charge < -0.3 is 5.32 Å². The second-order valence-corrected chi connectivity index (χ2v) is 7.59. The molecule has 1 saturated carbocycles. The third-order valence-electron chi connectivity index (χ3n) is 5.68. The monoisotopic (exact) mass is 339 g/mol. The number of hydrogen-bond donors (Lipinski definition) is 1. The molecule has 1 aromatic rings. The Kier molecular flexibility index (Phi) is 6.47. The molecule has 0 spiro atoms. The van der Waals surface area contributed by atoms with Crippen molar-refractivity contribution in [2.24, 2.45) is 11.8 Å². The van der Waals surface area contributed by atoms with Crippen LogP contribution >= 0.6 is 0 Å². The van der Waals surface area contributed by atoms with E-state index >= 15 is 0 Å². The van der Waals surface area contributed by atoms with Crippen LogP contribution in [0.1, 0.15) is 56.1 Å². The molecule has 1 aromatic carbocycles. The largest absolute Gasteiger partial charge is 0.356 e. The smallest absolute Gasteiger partial charge is 0.223 e. The van der Waals surface area contributed by atoms with Crippen molar-refractivity contribution in [3.8, 4) is 6.07 Å². The third kappa shape index (κ3) is 5.06. The number of rotatable bonds is 5. The minimum Gasteiger partial charge on any atom is -0.356 e. The molecule has 1 unspecified atom stereocenters. The lowest BCUT2D eigenvalue weighted by molar-refractivity contribution is -0.126. The summed E-state index contributed by atoms with van der Waals surface area (Å²) in [6.07, 6.45) is 8.16. The molecular formula is C21H29N3O. The summed E-state index contributed by atoms with van der Waals surface area (Å²) < 4.78 is 0. The predicted molar refractivity (Wildman–Crippen MR) is 98.7 cm³/mol. The fourth-order valence-corrected chi connectivity index (χ4v) is 4.22. The van der Waals surface area contributed by atoms with Gasteiger partial charge in [-0.3, -0.25) is 9.69 Å². The van der Waals surface area contributed by atoms with Gasteiger partial charge in [-0.25, -0.2) is 0 Å². The molecule has 0 aromatic heterocycles. The van der Waals surface area contributed by atoms with E-state index in [1.54, 1.807) is 0 Å². The lowest BCUT2D eigenvalue weighted by atomic mass is 9.88. The van der Waals surface area contributed by atoms with Crippen molar-refractivity contribution < 1.29 is 4.79 Å². The van der Waals surface area contributed by atoms with Gasteiger partial charge in [0.15, 0.2) is 0 Å². The summed E-state index contributed by atoms with van der Waals surface area (Å²) in [6, 6.07) is 10.1. The van der Waals surface area contributed by atoms with Crippen molar-refractivity contribution in [2.45, 2.75) is 51.5 Å². The number of carbonyl (C=O) groups excluding carboxylic acids is 1. The zero-order valence-corrected chi connectivity index (χ0v) is 15.0. The molecule has 2 aliphatic rings. The van der Waals surface area contributed by atoms with Gasteiger partial charge in [0.25, 0.3) is 0 Å². The van der Waals surface area contributed by atoms with Gasteiger partial charge in [0.1, 0.15) is 0 Å². The molecule has 1 atom stereocenters. The Bertz CT molecular complexity index is 616. The average Bonchev–Trinajstić information content (AvgIpc) is 2.67. The number of nitrogens with zero attached hydrogens (tertiary/aromatic N) is 2. The highest BCUT2D eigenvalue weighted by atomic mass is 16.1. The highest BCUT2D eigenvalue weighted by Gasteiger charge is 2.24. The van der Waals surface area contributed by atoms with E-state index in [0.717, 1.165) is 50.1 Å². The second-order valence-electron chi connectivity index (χ2n) is 7.59. The molecule has 1 amide bonds. The van der Waals surface area contributed by atoms with Crippen LogP contribution in [-0.2, 0) is 11.3 Å². The van der Waals surface area contributed by atoms with Crippen molar-refractivity contribution in [1.29, 1.82) is 5.26 Å². The van der Waals surface area contributed by atoms with Crippen LogP contribution in [0.4, 0.5) is 0 Å². The van der Waals surface area contributed by atoms with Crippen LogP contribution < -0.4 is 5.32 Å². The van der Waals surface area contributed by atoms with Gasteiger partial charge in [-0.2, -0.15) is 5.26 Å². The van der Waals surface area contributed by atoms with E-state index in [1.165, 1.54) is 32.1 Å². The molecular weight excluding hydrogens is 310 g/mol. The Balaban J connectivity index is 1.48. The standard InChI is InChI=1S/C21H29N3O/c22-13-19-10-4-5-11-20(19)16-24-12-6-7-17(15-24)14-23-21(25)18-8-2-1-3-9-18/h4-5,10-11,17-18H,1-3,6-9,12,14-16H2,(H,23,25). The van der Waals surface area contributed by atoms with Gasteiger partial charge in [-0.05, 0) is 49.8 Å². The summed E-state index contributed by atoms with van der Waals surface area (Å²) in [6.45, 7) is 3.71. The molecule has 4 nitrogen and oxygen atoms in total. The third-order valence-corrected chi connectivity index (χ3v) is 5.68. The van der Waals surface area contributed by atoms with Crippen molar-refractivity contribution in [3.05, 3.63) is 35.4 Å². The zero-order chi connectivity index (χ0) is 17.5. The van der Waals surface area contributed by atoms with Crippen LogP contribution in [0, 0.1) is 23.2 Å². The molecule has 3 rings (SSSR count). The number of piperidine rings is 1. The molecule has 134 valence electrons. The molecule has 1 heterocycles. The Labute approximate surface area is 151 Å². The van der Waals surface area contributed by atoms with Crippen molar-refractivity contribution in [3.63, 3.8) is 0 Å². The van der Waals surface area contributed by atoms with Gasteiger partial charge >= 0.3 is 0 Å². The zero-order valence-electron chi connectivity index (χ0n) is 15.0. The molecule has 1 aliphatic carbocycles. The average molecular weight is 339 g/mol. The fraction of sp³-hybridized carbons (Fsp3) is 0.619. The Morgan fingerprint density at radius 2 is 1.96 bits per heavy atom. The minimum atomic E-state index is 0.246. The lowest BCUT2D eigenvalue weighted by Crippen LogP contribution is -2.42. The van der Waals surface area contributed by atoms with E-state index in [9.17, 15) is 10.1 Å². The number of likely N-dealkylation sites (tertiary alicyclic amines) is 1. The number of nitriles is 1. The van der Waals surface area contributed by atoms with Crippen molar-refractivity contribution in [2.75, 3.05) is 19.6 Å². The topological polar surface area (TPSA) is 56.1 Å².